The lowest BCUT2D eigenvalue weighted by Crippen LogP contribution is -2.21. The number of aromatic nitrogens is 2. The third-order valence-electron chi connectivity index (χ3n) is 3.84. The Kier molecular flexibility index (Phi) is 3.54. The molecule has 0 N–H and O–H groups in total. The van der Waals surface area contributed by atoms with Gasteiger partial charge in [-0.2, -0.15) is 0 Å². The molecule has 22 heavy (non-hydrogen) atoms. The number of hydrogen-bond donors (Lipinski definition) is 0. The zero-order chi connectivity index (χ0) is 15.1. The van der Waals surface area contributed by atoms with E-state index in [1.54, 1.807) is 11.8 Å². The van der Waals surface area contributed by atoms with Gasteiger partial charge >= 0.3 is 0 Å². The molecule has 0 radical (unpaired) electrons. The number of thioether (sulfide) groups is 1. The van der Waals surface area contributed by atoms with Crippen LogP contribution >= 0.6 is 23.1 Å². The van der Waals surface area contributed by atoms with Gasteiger partial charge in [-0.1, -0.05) is 41.6 Å². The van der Waals surface area contributed by atoms with E-state index in [4.69, 9.17) is 4.98 Å². The highest BCUT2D eigenvalue weighted by Gasteiger charge is 2.28. The molecule has 0 aliphatic heterocycles. The molecule has 1 aromatic carbocycles. The Balaban J connectivity index is 1.71. The van der Waals surface area contributed by atoms with Crippen molar-refractivity contribution >= 4 is 33.3 Å². The summed E-state index contributed by atoms with van der Waals surface area (Å²) in [5.74, 6) is 0.844. The van der Waals surface area contributed by atoms with Crippen molar-refractivity contribution in [2.75, 3.05) is 0 Å². The van der Waals surface area contributed by atoms with Crippen LogP contribution in [0, 0.1) is 6.92 Å². The Labute approximate surface area is 137 Å². The molecule has 0 bridgehead atoms. The Morgan fingerprint density at radius 1 is 1.36 bits per heavy atom. The minimum absolute atomic E-state index is 0.134. The Morgan fingerprint density at radius 2 is 2.23 bits per heavy atom. The summed E-state index contributed by atoms with van der Waals surface area (Å²) in [7, 11) is 0. The fourth-order valence-corrected chi connectivity index (χ4v) is 4.39. The van der Waals surface area contributed by atoms with Gasteiger partial charge in [0, 0.05) is 11.8 Å². The van der Waals surface area contributed by atoms with E-state index in [0.717, 1.165) is 34.0 Å². The SMILES string of the molecule is Cc1cccc(CSc2nc3ccsc3c(=O)n2C2CC2)c1. The van der Waals surface area contributed by atoms with E-state index >= 15 is 0 Å². The molecule has 1 saturated carbocycles. The van der Waals surface area contributed by atoms with Crippen LogP contribution in [0.15, 0.2) is 45.7 Å². The van der Waals surface area contributed by atoms with Gasteiger partial charge in [0.1, 0.15) is 4.70 Å². The van der Waals surface area contributed by atoms with Crippen LogP contribution in [0.2, 0.25) is 0 Å². The molecule has 0 saturated heterocycles. The van der Waals surface area contributed by atoms with E-state index in [0.29, 0.717) is 6.04 Å². The summed E-state index contributed by atoms with van der Waals surface area (Å²) in [6, 6.07) is 10.8. The molecule has 3 nitrogen and oxygen atoms in total. The topological polar surface area (TPSA) is 34.9 Å². The minimum atomic E-state index is 0.134. The quantitative estimate of drug-likeness (QED) is 0.526. The van der Waals surface area contributed by atoms with Gasteiger partial charge in [0.05, 0.1) is 5.52 Å². The first-order valence-electron chi connectivity index (χ1n) is 7.40. The predicted molar refractivity (Wildman–Crippen MR) is 92.9 cm³/mol. The molecule has 2 aromatic heterocycles. The van der Waals surface area contributed by atoms with E-state index in [9.17, 15) is 4.79 Å². The van der Waals surface area contributed by atoms with Crippen molar-refractivity contribution in [2.45, 2.75) is 36.7 Å². The summed E-state index contributed by atoms with van der Waals surface area (Å²) in [6.45, 7) is 2.10. The van der Waals surface area contributed by atoms with Crippen LogP contribution in [0.3, 0.4) is 0 Å². The first-order chi connectivity index (χ1) is 10.7. The van der Waals surface area contributed by atoms with Crippen LogP contribution in [0.25, 0.3) is 10.2 Å². The highest BCUT2D eigenvalue weighted by molar-refractivity contribution is 7.98. The summed E-state index contributed by atoms with van der Waals surface area (Å²) in [6.07, 6.45) is 2.19. The largest absolute Gasteiger partial charge is 0.283 e. The molecule has 1 aliphatic rings. The first-order valence-corrected chi connectivity index (χ1v) is 9.27. The lowest BCUT2D eigenvalue weighted by Gasteiger charge is -2.11. The number of rotatable bonds is 4. The zero-order valence-corrected chi connectivity index (χ0v) is 13.9. The Bertz CT molecular complexity index is 893. The second-order valence-corrected chi connectivity index (χ2v) is 7.57. The number of fused-ring (bicyclic) bond motifs is 1. The molecule has 0 amide bonds. The molecule has 2 heterocycles. The standard InChI is InChI=1S/C17H16N2OS2/c1-11-3-2-4-12(9-11)10-22-17-18-14-7-8-21-15(14)16(20)19(17)13-5-6-13/h2-4,7-9,13H,5-6,10H2,1H3. The average Bonchev–Trinajstić information content (AvgIpc) is 3.22. The lowest BCUT2D eigenvalue weighted by atomic mass is 10.2. The maximum atomic E-state index is 12.7. The summed E-state index contributed by atoms with van der Waals surface area (Å²) in [5.41, 5.74) is 3.50. The molecule has 0 spiro atoms. The summed E-state index contributed by atoms with van der Waals surface area (Å²) >= 11 is 3.16. The van der Waals surface area contributed by atoms with Crippen LogP contribution in [-0.4, -0.2) is 9.55 Å². The molecule has 3 aromatic rings. The second-order valence-electron chi connectivity index (χ2n) is 5.71. The lowest BCUT2D eigenvalue weighted by molar-refractivity contribution is 0.619. The highest BCUT2D eigenvalue weighted by atomic mass is 32.2. The molecule has 112 valence electrons. The van der Waals surface area contributed by atoms with Crippen molar-refractivity contribution in [3.63, 3.8) is 0 Å². The second kappa shape index (κ2) is 5.56. The smallest absolute Gasteiger partial charge is 0.272 e. The number of benzene rings is 1. The van der Waals surface area contributed by atoms with Gasteiger partial charge < -0.3 is 0 Å². The third kappa shape index (κ3) is 2.59. The van der Waals surface area contributed by atoms with Crippen molar-refractivity contribution in [1.29, 1.82) is 0 Å². The zero-order valence-electron chi connectivity index (χ0n) is 12.3. The third-order valence-corrected chi connectivity index (χ3v) is 5.76. The molecule has 4 rings (SSSR count). The highest BCUT2D eigenvalue weighted by Crippen LogP contribution is 2.37. The normalized spacial score (nSPS) is 14.6. The Morgan fingerprint density at radius 3 is 3.00 bits per heavy atom. The first kappa shape index (κ1) is 14.0. The summed E-state index contributed by atoms with van der Waals surface area (Å²) in [4.78, 5) is 17.4. The van der Waals surface area contributed by atoms with Crippen molar-refractivity contribution < 1.29 is 0 Å². The van der Waals surface area contributed by atoms with Crippen LogP contribution in [0.5, 0.6) is 0 Å². The monoisotopic (exact) mass is 328 g/mol. The van der Waals surface area contributed by atoms with E-state index < -0.39 is 0 Å². The molecule has 0 atom stereocenters. The van der Waals surface area contributed by atoms with E-state index in [2.05, 4.69) is 31.2 Å². The van der Waals surface area contributed by atoms with Gasteiger partial charge in [-0.05, 0) is 36.8 Å². The maximum absolute atomic E-state index is 12.7. The number of hydrogen-bond acceptors (Lipinski definition) is 4. The van der Waals surface area contributed by atoms with E-state index in [1.165, 1.54) is 22.5 Å². The summed E-state index contributed by atoms with van der Waals surface area (Å²) < 4.78 is 2.70. The van der Waals surface area contributed by atoms with Crippen molar-refractivity contribution in [3.8, 4) is 0 Å². The number of nitrogens with zero attached hydrogens (tertiary/aromatic N) is 2. The minimum Gasteiger partial charge on any atom is -0.283 e. The van der Waals surface area contributed by atoms with E-state index in [1.807, 2.05) is 16.0 Å². The van der Waals surface area contributed by atoms with Gasteiger partial charge in [-0.25, -0.2) is 4.98 Å². The van der Waals surface area contributed by atoms with Gasteiger partial charge in [0.15, 0.2) is 5.16 Å². The van der Waals surface area contributed by atoms with Crippen molar-refractivity contribution in [3.05, 3.63) is 57.2 Å². The fraction of sp³-hybridized carbons (Fsp3) is 0.294. The van der Waals surface area contributed by atoms with Crippen LogP contribution in [0.1, 0.15) is 30.0 Å². The molecule has 5 heteroatoms. The van der Waals surface area contributed by atoms with Gasteiger partial charge in [-0.15, -0.1) is 11.3 Å². The van der Waals surface area contributed by atoms with Gasteiger partial charge in [-0.3, -0.25) is 9.36 Å². The van der Waals surface area contributed by atoms with Gasteiger partial charge in [0.25, 0.3) is 5.56 Å². The van der Waals surface area contributed by atoms with Crippen LogP contribution in [-0.2, 0) is 5.75 Å². The predicted octanol–water partition coefficient (Wildman–Crippen LogP) is 4.39. The van der Waals surface area contributed by atoms with Crippen molar-refractivity contribution in [2.24, 2.45) is 0 Å². The Hall–Kier alpha value is -1.59. The molecule has 1 aliphatic carbocycles. The fourth-order valence-electron chi connectivity index (χ4n) is 2.61. The number of aryl methyl sites for hydroxylation is 1. The molecule has 0 unspecified atom stereocenters. The molecular weight excluding hydrogens is 312 g/mol. The van der Waals surface area contributed by atoms with Crippen molar-refractivity contribution in [1.82, 2.24) is 9.55 Å². The molecular formula is C17H16N2OS2. The van der Waals surface area contributed by atoms with Crippen LogP contribution < -0.4 is 5.56 Å². The number of thiophene rings is 1. The van der Waals surface area contributed by atoms with E-state index in [-0.39, 0.29) is 5.56 Å². The van der Waals surface area contributed by atoms with Crippen LogP contribution in [0.4, 0.5) is 0 Å². The average molecular weight is 328 g/mol. The van der Waals surface area contributed by atoms with Gasteiger partial charge in [0.2, 0.25) is 0 Å². The molecule has 1 fully saturated rings. The summed E-state index contributed by atoms with van der Waals surface area (Å²) in [5, 5.41) is 2.81. The maximum Gasteiger partial charge on any atom is 0.272 e.